The SMILES string of the molecule is CCC/C=C\C/C=C\CCCCCCCC(=O)OCCCCC/C=C\CCCCCCCC(=O)NC(CO)C(O)CCCCCCCCCCCCCCCCCCCCC. The first kappa shape index (κ1) is 59.1. The fourth-order valence-electron chi connectivity index (χ4n) is 8.02. The van der Waals surface area contributed by atoms with Gasteiger partial charge in [0.25, 0.3) is 0 Å². The van der Waals surface area contributed by atoms with Gasteiger partial charge in [0.15, 0.2) is 0 Å². The average Bonchev–Trinajstić information content (AvgIpc) is 3.26. The summed E-state index contributed by atoms with van der Waals surface area (Å²) in [6.45, 7) is 4.83. The Morgan fingerprint density at radius 1 is 0.459 bits per heavy atom. The van der Waals surface area contributed by atoms with Crippen LogP contribution < -0.4 is 5.32 Å². The third-order valence-electron chi connectivity index (χ3n) is 12.1. The second kappa shape index (κ2) is 50.7. The lowest BCUT2D eigenvalue weighted by Crippen LogP contribution is -2.45. The molecule has 0 rings (SSSR count). The van der Waals surface area contributed by atoms with Gasteiger partial charge < -0.3 is 20.3 Å². The van der Waals surface area contributed by atoms with Crippen LogP contribution in [-0.4, -0.2) is 47.4 Å². The van der Waals surface area contributed by atoms with E-state index in [1.54, 1.807) is 0 Å². The standard InChI is InChI=1S/C55H103NO5/c1-3-5-7-9-11-13-15-17-18-19-20-21-22-24-27-31-35-39-43-47-53(58)52(51-57)56-54(59)48-44-40-36-32-28-25-26-30-34-38-42-46-50-61-55(60)49-45-41-37-33-29-23-16-14-12-10-8-6-4-2/h8,10,14,16,26,30,52-53,57-58H,3-7,9,11-13,15,17-25,27-29,31-51H2,1-2H3,(H,56,59)/b10-8-,16-14-,30-26-. The number of ether oxygens (including phenoxy) is 1. The Balaban J connectivity index is 3.52. The highest BCUT2D eigenvalue weighted by molar-refractivity contribution is 5.76. The molecule has 0 aliphatic rings. The molecule has 0 heterocycles. The third kappa shape index (κ3) is 47.4. The van der Waals surface area contributed by atoms with Crippen LogP contribution in [0.15, 0.2) is 36.5 Å². The summed E-state index contributed by atoms with van der Waals surface area (Å²) in [5.74, 6) is -0.0989. The summed E-state index contributed by atoms with van der Waals surface area (Å²) < 4.78 is 5.43. The topological polar surface area (TPSA) is 95.9 Å². The molecule has 0 bridgehead atoms. The Kier molecular flexibility index (Phi) is 49.1. The smallest absolute Gasteiger partial charge is 0.305 e. The van der Waals surface area contributed by atoms with Gasteiger partial charge in [-0.05, 0) is 83.5 Å². The summed E-state index contributed by atoms with van der Waals surface area (Å²) in [7, 11) is 0. The maximum Gasteiger partial charge on any atom is 0.305 e. The lowest BCUT2D eigenvalue weighted by molar-refractivity contribution is -0.143. The Morgan fingerprint density at radius 3 is 1.33 bits per heavy atom. The van der Waals surface area contributed by atoms with Crippen molar-refractivity contribution in [1.29, 1.82) is 0 Å². The van der Waals surface area contributed by atoms with Crippen LogP contribution in [0.2, 0.25) is 0 Å². The van der Waals surface area contributed by atoms with E-state index in [2.05, 4.69) is 55.6 Å². The molecule has 0 spiro atoms. The van der Waals surface area contributed by atoms with Gasteiger partial charge in [0.2, 0.25) is 5.91 Å². The second-order valence-corrected chi connectivity index (χ2v) is 18.2. The number of aliphatic hydroxyl groups excluding tert-OH is 2. The summed E-state index contributed by atoms with van der Waals surface area (Å²) in [5.41, 5.74) is 0. The number of amides is 1. The Bertz CT molecular complexity index is 993. The first-order valence-corrected chi connectivity index (χ1v) is 26.7. The number of hydrogen-bond acceptors (Lipinski definition) is 5. The molecular formula is C55H103NO5. The highest BCUT2D eigenvalue weighted by Crippen LogP contribution is 2.16. The van der Waals surface area contributed by atoms with E-state index in [0.29, 0.717) is 25.9 Å². The van der Waals surface area contributed by atoms with Crippen molar-refractivity contribution in [2.24, 2.45) is 0 Å². The minimum atomic E-state index is -0.682. The van der Waals surface area contributed by atoms with E-state index in [-0.39, 0.29) is 18.5 Å². The molecule has 6 nitrogen and oxygen atoms in total. The monoisotopic (exact) mass is 858 g/mol. The number of hydrogen-bond donors (Lipinski definition) is 3. The number of aliphatic hydroxyl groups is 2. The molecule has 3 N–H and O–H groups in total. The fourth-order valence-corrected chi connectivity index (χ4v) is 8.02. The van der Waals surface area contributed by atoms with Gasteiger partial charge in [-0.15, -0.1) is 0 Å². The maximum absolute atomic E-state index is 12.5. The van der Waals surface area contributed by atoms with Crippen molar-refractivity contribution >= 4 is 11.9 Å². The van der Waals surface area contributed by atoms with Gasteiger partial charge in [-0.2, -0.15) is 0 Å². The molecule has 0 saturated carbocycles. The van der Waals surface area contributed by atoms with E-state index in [1.165, 1.54) is 154 Å². The highest BCUT2D eigenvalue weighted by Gasteiger charge is 2.20. The Labute approximate surface area is 379 Å². The number of nitrogens with one attached hydrogen (secondary N) is 1. The van der Waals surface area contributed by atoms with E-state index in [0.717, 1.165) is 89.9 Å². The zero-order valence-electron chi connectivity index (χ0n) is 40.6. The fraction of sp³-hybridized carbons (Fsp3) is 0.855. The van der Waals surface area contributed by atoms with Gasteiger partial charge in [0.05, 0.1) is 25.4 Å². The largest absolute Gasteiger partial charge is 0.466 e. The molecule has 0 aliphatic carbocycles. The number of rotatable bonds is 49. The van der Waals surface area contributed by atoms with Gasteiger partial charge >= 0.3 is 5.97 Å². The van der Waals surface area contributed by atoms with Crippen LogP contribution >= 0.6 is 0 Å². The molecule has 1 amide bonds. The number of carbonyl (C=O) groups excluding carboxylic acids is 2. The molecule has 358 valence electrons. The molecular weight excluding hydrogens is 755 g/mol. The first-order valence-electron chi connectivity index (χ1n) is 26.7. The molecule has 0 aromatic rings. The van der Waals surface area contributed by atoms with Crippen molar-refractivity contribution in [3.63, 3.8) is 0 Å². The predicted octanol–water partition coefficient (Wildman–Crippen LogP) is 16.1. The van der Waals surface area contributed by atoms with Crippen LogP contribution in [0.3, 0.4) is 0 Å². The van der Waals surface area contributed by atoms with E-state index >= 15 is 0 Å². The summed E-state index contributed by atoms with van der Waals surface area (Å²) in [5, 5.41) is 23.3. The number of unbranched alkanes of at least 4 members (excludes halogenated alkanes) is 32. The third-order valence-corrected chi connectivity index (χ3v) is 12.1. The van der Waals surface area contributed by atoms with Crippen molar-refractivity contribution < 1.29 is 24.5 Å². The van der Waals surface area contributed by atoms with E-state index in [4.69, 9.17) is 4.74 Å². The molecule has 2 atom stereocenters. The summed E-state index contributed by atoms with van der Waals surface area (Å²) in [4.78, 5) is 24.5. The molecule has 0 radical (unpaired) electrons. The van der Waals surface area contributed by atoms with E-state index in [1.807, 2.05) is 0 Å². The number of esters is 1. The Hall–Kier alpha value is -1.92. The van der Waals surface area contributed by atoms with Crippen molar-refractivity contribution in [3.8, 4) is 0 Å². The molecule has 0 saturated heterocycles. The van der Waals surface area contributed by atoms with Crippen LogP contribution in [0.25, 0.3) is 0 Å². The molecule has 61 heavy (non-hydrogen) atoms. The van der Waals surface area contributed by atoms with Crippen LogP contribution in [0.4, 0.5) is 0 Å². The van der Waals surface area contributed by atoms with Gasteiger partial charge in [0, 0.05) is 12.8 Å². The van der Waals surface area contributed by atoms with Gasteiger partial charge in [0.1, 0.15) is 0 Å². The van der Waals surface area contributed by atoms with Crippen molar-refractivity contribution in [3.05, 3.63) is 36.5 Å². The summed E-state index contributed by atoms with van der Waals surface area (Å²) >= 11 is 0. The molecule has 0 aromatic heterocycles. The van der Waals surface area contributed by atoms with Gasteiger partial charge in [-0.3, -0.25) is 9.59 Å². The molecule has 6 heteroatoms. The quantitative estimate of drug-likeness (QED) is 0.0322. The lowest BCUT2D eigenvalue weighted by atomic mass is 10.0. The van der Waals surface area contributed by atoms with Crippen LogP contribution in [0.5, 0.6) is 0 Å². The van der Waals surface area contributed by atoms with Crippen LogP contribution in [0, 0.1) is 0 Å². The molecule has 0 aromatic carbocycles. The molecule has 2 unspecified atom stereocenters. The maximum atomic E-state index is 12.5. The Morgan fingerprint density at radius 2 is 0.852 bits per heavy atom. The van der Waals surface area contributed by atoms with Gasteiger partial charge in [-0.1, -0.05) is 217 Å². The number of carbonyl (C=O) groups is 2. The van der Waals surface area contributed by atoms with Crippen molar-refractivity contribution in [1.82, 2.24) is 5.32 Å². The van der Waals surface area contributed by atoms with Crippen LogP contribution in [0.1, 0.15) is 277 Å². The normalized spacial score (nSPS) is 12.9. The van der Waals surface area contributed by atoms with E-state index in [9.17, 15) is 19.8 Å². The van der Waals surface area contributed by atoms with E-state index < -0.39 is 12.1 Å². The minimum absolute atomic E-state index is 0.0381. The molecule has 0 fully saturated rings. The number of allylic oxidation sites excluding steroid dienone is 6. The van der Waals surface area contributed by atoms with Crippen molar-refractivity contribution in [2.75, 3.05) is 13.2 Å². The zero-order valence-corrected chi connectivity index (χ0v) is 40.6. The lowest BCUT2D eigenvalue weighted by Gasteiger charge is -2.22. The van der Waals surface area contributed by atoms with Crippen LogP contribution in [-0.2, 0) is 14.3 Å². The zero-order chi connectivity index (χ0) is 44.4. The second-order valence-electron chi connectivity index (χ2n) is 18.2. The molecule has 0 aliphatic heterocycles. The minimum Gasteiger partial charge on any atom is -0.466 e. The predicted molar refractivity (Wildman–Crippen MR) is 264 cm³/mol. The summed E-state index contributed by atoms with van der Waals surface area (Å²) in [6.07, 6.45) is 61.2. The highest BCUT2D eigenvalue weighted by atomic mass is 16.5. The van der Waals surface area contributed by atoms with Crippen molar-refractivity contribution in [2.45, 2.75) is 289 Å². The first-order chi connectivity index (χ1) is 30.0. The van der Waals surface area contributed by atoms with Gasteiger partial charge in [-0.25, -0.2) is 0 Å². The average molecular weight is 858 g/mol. The summed E-state index contributed by atoms with van der Waals surface area (Å²) in [6, 6.07) is -0.562.